The van der Waals surface area contributed by atoms with E-state index in [9.17, 15) is 23.9 Å². The van der Waals surface area contributed by atoms with Crippen LogP contribution < -0.4 is 16.4 Å². The van der Waals surface area contributed by atoms with Gasteiger partial charge in [-0.05, 0) is 59.4 Å². The lowest BCUT2D eigenvalue weighted by Crippen LogP contribution is -2.52. The van der Waals surface area contributed by atoms with Gasteiger partial charge in [-0.3, -0.25) is 9.59 Å². The number of aromatic amines is 1. The lowest BCUT2D eigenvalue weighted by molar-refractivity contribution is -0.142. The highest BCUT2D eigenvalue weighted by atomic mass is 35.5. The number of H-pyrrole nitrogens is 1. The van der Waals surface area contributed by atoms with Gasteiger partial charge in [0, 0.05) is 16.6 Å². The van der Waals surface area contributed by atoms with E-state index in [0.717, 1.165) is 5.56 Å². The predicted octanol–water partition coefficient (Wildman–Crippen LogP) is 2.53. The number of amides is 2. The zero-order valence-corrected chi connectivity index (χ0v) is 22.4. The van der Waals surface area contributed by atoms with Crippen LogP contribution in [0, 0.1) is 5.82 Å². The van der Waals surface area contributed by atoms with E-state index in [1.165, 1.54) is 18.2 Å². The summed E-state index contributed by atoms with van der Waals surface area (Å²) in [4.78, 5) is 37.6. The topological polar surface area (TPSA) is 176 Å². The van der Waals surface area contributed by atoms with Crippen molar-refractivity contribution >= 4 is 29.4 Å². The molecule has 0 fully saturated rings. The Labute approximate surface area is 239 Å². The lowest BCUT2D eigenvalue weighted by atomic mass is 9.96. The maximum atomic E-state index is 14.3. The maximum Gasteiger partial charge on any atom is 0.326 e. The second-order valence-electron chi connectivity index (χ2n) is 9.36. The predicted molar refractivity (Wildman–Crippen MR) is 148 cm³/mol. The van der Waals surface area contributed by atoms with Gasteiger partial charge in [0.05, 0.1) is 6.04 Å². The summed E-state index contributed by atoms with van der Waals surface area (Å²) in [7, 11) is 0. The molecular formula is C28H27ClFN7O4. The molecule has 0 spiro atoms. The van der Waals surface area contributed by atoms with Crippen LogP contribution in [0.25, 0.3) is 11.1 Å². The summed E-state index contributed by atoms with van der Waals surface area (Å²) in [5.74, 6) is -3.29. The van der Waals surface area contributed by atoms with Gasteiger partial charge in [0.25, 0.3) is 11.7 Å². The van der Waals surface area contributed by atoms with Crippen molar-refractivity contribution < 1.29 is 23.9 Å². The summed E-state index contributed by atoms with van der Waals surface area (Å²) >= 11 is 6.02. The molecule has 2 amide bonds. The Morgan fingerprint density at radius 1 is 0.976 bits per heavy atom. The Hall–Kier alpha value is -4.68. The summed E-state index contributed by atoms with van der Waals surface area (Å²) in [6, 6.07) is 17.1. The smallest absolute Gasteiger partial charge is 0.326 e. The van der Waals surface area contributed by atoms with E-state index in [0.29, 0.717) is 21.7 Å². The molecule has 0 bridgehead atoms. The Morgan fingerprint density at radius 2 is 1.68 bits per heavy atom. The Bertz CT molecular complexity index is 1490. The van der Waals surface area contributed by atoms with Crippen LogP contribution in [-0.2, 0) is 22.4 Å². The first-order valence-corrected chi connectivity index (χ1v) is 13.0. The van der Waals surface area contributed by atoms with Crippen LogP contribution in [0.2, 0.25) is 5.02 Å². The zero-order valence-electron chi connectivity index (χ0n) is 21.6. The molecule has 0 aliphatic carbocycles. The molecule has 13 heteroatoms. The third kappa shape index (κ3) is 8.16. The third-order valence-corrected chi connectivity index (χ3v) is 6.56. The van der Waals surface area contributed by atoms with Crippen molar-refractivity contribution in [1.82, 2.24) is 31.3 Å². The number of carbonyl (C=O) groups excluding carboxylic acids is 2. The Kier molecular flexibility index (Phi) is 9.72. The van der Waals surface area contributed by atoms with Crippen LogP contribution in [0.15, 0.2) is 72.8 Å². The second kappa shape index (κ2) is 13.6. The number of aliphatic carboxylic acids is 1. The van der Waals surface area contributed by atoms with Gasteiger partial charge in [0.15, 0.2) is 0 Å². The number of tetrazole rings is 1. The van der Waals surface area contributed by atoms with E-state index in [2.05, 4.69) is 31.3 Å². The summed E-state index contributed by atoms with van der Waals surface area (Å²) in [5.41, 5.74) is 8.50. The van der Waals surface area contributed by atoms with E-state index in [4.69, 9.17) is 17.3 Å². The summed E-state index contributed by atoms with van der Waals surface area (Å²) in [5, 5.41) is 28.3. The summed E-state index contributed by atoms with van der Waals surface area (Å²) in [6.07, 6.45) is 0.224. The number of benzene rings is 3. The van der Waals surface area contributed by atoms with Crippen molar-refractivity contribution in [2.24, 2.45) is 5.73 Å². The second-order valence-corrected chi connectivity index (χ2v) is 9.80. The van der Waals surface area contributed by atoms with Gasteiger partial charge in [-0.15, -0.1) is 10.2 Å². The van der Waals surface area contributed by atoms with Crippen LogP contribution in [0.4, 0.5) is 4.39 Å². The molecule has 1 aromatic heterocycles. The van der Waals surface area contributed by atoms with Gasteiger partial charge in [0.1, 0.15) is 11.9 Å². The first-order chi connectivity index (χ1) is 19.7. The Morgan fingerprint density at radius 3 is 2.34 bits per heavy atom. The van der Waals surface area contributed by atoms with Crippen LogP contribution in [-0.4, -0.2) is 61.6 Å². The fraction of sp³-hybridized carbons (Fsp3) is 0.214. The molecule has 6 N–H and O–H groups in total. The molecule has 212 valence electrons. The molecular weight excluding hydrogens is 553 g/mol. The maximum absolute atomic E-state index is 14.3. The minimum absolute atomic E-state index is 0.173. The number of carboxylic acid groups (broad SMARTS) is 1. The molecule has 4 rings (SSSR count). The number of nitrogens with zero attached hydrogens (tertiary/aromatic N) is 3. The number of hydrogen-bond acceptors (Lipinski definition) is 7. The lowest BCUT2D eigenvalue weighted by Gasteiger charge is -2.24. The number of carboxylic acids is 1. The molecule has 3 atom stereocenters. The molecule has 1 heterocycles. The van der Waals surface area contributed by atoms with Crippen LogP contribution in [0.5, 0.6) is 0 Å². The Balaban J connectivity index is 1.49. The number of rotatable bonds is 12. The first kappa shape index (κ1) is 29.3. The van der Waals surface area contributed by atoms with E-state index >= 15 is 0 Å². The number of hydrogen-bond donors (Lipinski definition) is 5. The summed E-state index contributed by atoms with van der Waals surface area (Å²) < 4.78 is 14.3. The van der Waals surface area contributed by atoms with Gasteiger partial charge in [-0.2, -0.15) is 5.21 Å². The zero-order chi connectivity index (χ0) is 29.4. The highest BCUT2D eigenvalue weighted by Crippen LogP contribution is 2.26. The van der Waals surface area contributed by atoms with Crippen molar-refractivity contribution in [3.8, 4) is 11.1 Å². The fourth-order valence-electron chi connectivity index (χ4n) is 4.27. The fourth-order valence-corrected chi connectivity index (χ4v) is 4.44. The van der Waals surface area contributed by atoms with Gasteiger partial charge in [-0.25, -0.2) is 9.18 Å². The van der Waals surface area contributed by atoms with E-state index in [1.807, 2.05) is 30.3 Å². The highest BCUT2D eigenvalue weighted by molar-refractivity contribution is 6.30. The average molecular weight is 580 g/mol. The average Bonchev–Trinajstić information content (AvgIpc) is 3.50. The molecule has 11 nitrogen and oxygen atoms in total. The monoisotopic (exact) mass is 579 g/mol. The SMILES string of the molecule is N[C@@H](Cc1ccccc1)C(=O)N[C@H](C[C@@H](Cc1ccc(-c2cc(Cl)ccc2F)cc1)NC(=O)c1nn[nH]n1)C(=O)O. The molecule has 4 aromatic rings. The largest absolute Gasteiger partial charge is 0.480 e. The van der Waals surface area contributed by atoms with E-state index in [1.54, 1.807) is 24.3 Å². The third-order valence-electron chi connectivity index (χ3n) is 6.33. The van der Waals surface area contributed by atoms with Gasteiger partial charge in [-0.1, -0.05) is 66.2 Å². The molecule has 3 aromatic carbocycles. The van der Waals surface area contributed by atoms with Crippen molar-refractivity contribution in [2.75, 3.05) is 0 Å². The molecule has 0 aliphatic heterocycles. The van der Waals surface area contributed by atoms with Crippen LogP contribution >= 0.6 is 11.6 Å². The van der Waals surface area contributed by atoms with Crippen molar-refractivity contribution in [3.05, 3.63) is 101 Å². The molecule has 0 aliphatic rings. The number of halogens is 2. The van der Waals surface area contributed by atoms with Crippen LogP contribution in [0.1, 0.15) is 28.2 Å². The normalized spacial score (nSPS) is 13.1. The van der Waals surface area contributed by atoms with Gasteiger partial charge >= 0.3 is 5.97 Å². The molecule has 0 saturated carbocycles. The molecule has 0 radical (unpaired) electrons. The number of nitrogens with one attached hydrogen (secondary N) is 3. The van der Waals surface area contributed by atoms with Crippen molar-refractivity contribution in [1.29, 1.82) is 0 Å². The van der Waals surface area contributed by atoms with E-state index < -0.39 is 41.7 Å². The standard InChI is InChI=1S/C28H27ClFN7O4/c29-19-10-11-22(30)21(14-19)18-8-6-17(7-9-18)12-20(32-27(39)25-34-36-37-35-25)15-24(28(40)41)33-26(38)23(31)13-16-4-2-1-3-5-16/h1-11,14,20,23-24H,12-13,15,31H2,(H,32,39)(H,33,38)(H,40,41)(H,34,35,36,37)/t20-,23+,24-/m1/s1. The van der Waals surface area contributed by atoms with Crippen molar-refractivity contribution in [2.45, 2.75) is 37.4 Å². The number of carbonyl (C=O) groups is 3. The van der Waals surface area contributed by atoms with Gasteiger partial charge < -0.3 is 21.5 Å². The highest BCUT2D eigenvalue weighted by Gasteiger charge is 2.28. The minimum atomic E-state index is -1.36. The van der Waals surface area contributed by atoms with Crippen molar-refractivity contribution in [3.63, 3.8) is 0 Å². The quantitative estimate of drug-likeness (QED) is 0.170. The number of nitrogens with two attached hydrogens (primary N) is 1. The van der Waals surface area contributed by atoms with Crippen LogP contribution in [0.3, 0.4) is 0 Å². The van der Waals surface area contributed by atoms with E-state index in [-0.39, 0.29) is 25.1 Å². The molecule has 0 saturated heterocycles. The number of aromatic nitrogens is 4. The summed E-state index contributed by atoms with van der Waals surface area (Å²) in [6.45, 7) is 0. The minimum Gasteiger partial charge on any atom is -0.480 e. The molecule has 0 unspecified atom stereocenters. The first-order valence-electron chi connectivity index (χ1n) is 12.6. The molecule has 41 heavy (non-hydrogen) atoms. The van der Waals surface area contributed by atoms with Gasteiger partial charge in [0.2, 0.25) is 5.91 Å².